The van der Waals surface area contributed by atoms with E-state index in [0.717, 1.165) is 5.39 Å². The predicted octanol–water partition coefficient (Wildman–Crippen LogP) is 5.03. The molecule has 5 nitrogen and oxygen atoms in total. The average molecular weight is 364 g/mol. The highest BCUT2D eigenvalue weighted by Gasteiger charge is 2.22. The number of carbonyl (C=O) groups is 1. The van der Waals surface area contributed by atoms with Crippen LogP contribution in [0.3, 0.4) is 0 Å². The molecule has 1 aliphatic rings. The van der Waals surface area contributed by atoms with Crippen LogP contribution in [0.15, 0.2) is 34.7 Å². The molecule has 0 radical (unpaired) electrons. The lowest BCUT2D eigenvalue weighted by Crippen LogP contribution is -2.12. The normalized spacial score (nSPS) is 12.6. The van der Waals surface area contributed by atoms with Crippen molar-refractivity contribution in [2.45, 2.75) is 6.92 Å². The molecule has 1 amide bonds. The van der Waals surface area contributed by atoms with Gasteiger partial charge in [-0.05, 0) is 13.0 Å². The number of nitrogens with one attached hydrogen (secondary N) is 1. The highest BCUT2D eigenvalue weighted by Crippen LogP contribution is 2.39. The lowest BCUT2D eigenvalue weighted by atomic mass is 10.1. The standard InChI is InChI=1S/C17H11Cl2NO4/c1-8-9-3-2-4-10(18)16(9)24-15(8)17(21)20-12-6-14-13(5-11(12)19)22-7-23-14/h2-6H,7H2,1H3,(H,20,21). The Hall–Kier alpha value is -2.37. The van der Waals surface area contributed by atoms with Gasteiger partial charge in [0.1, 0.15) is 0 Å². The monoisotopic (exact) mass is 363 g/mol. The molecule has 0 unspecified atom stereocenters. The fourth-order valence-electron chi connectivity index (χ4n) is 2.62. The van der Waals surface area contributed by atoms with E-state index >= 15 is 0 Å². The van der Waals surface area contributed by atoms with Gasteiger partial charge in [0.05, 0.1) is 15.7 Å². The first kappa shape index (κ1) is 15.2. The summed E-state index contributed by atoms with van der Waals surface area (Å²) in [5.74, 6) is 0.844. The quantitative estimate of drug-likeness (QED) is 0.693. The maximum atomic E-state index is 12.6. The van der Waals surface area contributed by atoms with Crippen LogP contribution in [0.4, 0.5) is 5.69 Å². The third-order valence-electron chi connectivity index (χ3n) is 3.83. The second-order valence-electron chi connectivity index (χ2n) is 5.31. The fraction of sp³-hybridized carbons (Fsp3) is 0.118. The van der Waals surface area contributed by atoms with E-state index in [0.29, 0.717) is 38.4 Å². The topological polar surface area (TPSA) is 60.7 Å². The lowest BCUT2D eigenvalue weighted by Gasteiger charge is -2.07. The summed E-state index contributed by atoms with van der Waals surface area (Å²) < 4.78 is 16.2. The van der Waals surface area contributed by atoms with Gasteiger partial charge in [0.15, 0.2) is 22.8 Å². The molecular weight excluding hydrogens is 353 g/mol. The first-order chi connectivity index (χ1) is 11.5. The van der Waals surface area contributed by atoms with E-state index in [4.69, 9.17) is 37.1 Å². The van der Waals surface area contributed by atoms with Crippen molar-refractivity contribution in [1.29, 1.82) is 0 Å². The minimum Gasteiger partial charge on any atom is -0.454 e. The van der Waals surface area contributed by atoms with Crippen molar-refractivity contribution in [3.05, 3.63) is 51.7 Å². The molecule has 0 atom stereocenters. The number of benzene rings is 2. The van der Waals surface area contributed by atoms with Crippen LogP contribution in [-0.2, 0) is 0 Å². The molecule has 122 valence electrons. The van der Waals surface area contributed by atoms with E-state index in [9.17, 15) is 4.79 Å². The molecule has 1 N–H and O–H groups in total. The second kappa shape index (κ2) is 5.61. The minimum absolute atomic E-state index is 0.129. The van der Waals surface area contributed by atoms with Gasteiger partial charge >= 0.3 is 0 Å². The van der Waals surface area contributed by atoms with Crippen molar-refractivity contribution >= 4 is 45.8 Å². The number of rotatable bonds is 2. The van der Waals surface area contributed by atoms with Crippen molar-refractivity contribution in [3.63, 3.8) is 0 Å². The SMILES string of the molecule is Cc1c(C(=O)Nc2cc3c(cc2Cl)OCO3)oc2c(Cl)cccc12. The van der Waals surface area contributed by atoms with E-state index in [1.54, 1.807) is 25.1 Å². The van der Waals surface area contributed by atoms with Crippen LogP contribution in [0.5, 0.6) is 11.5 Å². The van der Waals surface area contributed by atoms with Crippen LogP contribution in [-0.4, -0.2) is 12.7 Å². The van der Waals surface area contributed by atoms with Crippen molar-refractivity contribution in [2.24, 2.45) is 0 Å². The van der Waals surface area contributed by atoms with Crippen molar-refractivity contribution in [3.8, 4) is 11.5 Å². The summed E-state index contributed by atoms with van der Waals surface area (Å²) in [6.45, 7) is 1.93. The van der Waals surface area contributed by atoms with Gasteiger partial charge in [-0.2, -0.15) is 0 Å². The Labute approximate surface area is 147 Å². The number of fused-ring (bicyclic) bond motifs is 2. The van der Waals surface area contributed by atoms with Crippen LogP contribution in [0, 0.1) is 6.92 Å². The number of aryl methyl sites for hydroxylation is 1. The summed E-state index contributed by atoms with van der Waals surface area (Å²) in [5, 5.41) is 4.33. The van der Waals surface area contributed by atoms with Gasteiger partial charge in [-0.3, -0.25) is 4.79 Å². The maximum Gasteiger partial charge on any atom is 0.291 e. The second-order valence-corrected chi connectivity index (χ2v) is 6.13. The van der Waals surface area contributed by atoms with Crippen molar-refractivity contribution < 1.29 is 18.7 Å². The number of hydrogen-bond acceptors (Lipinski definition) is 4. The molecule has 0 aliphatic carbocycles. The number of anilines is 1. The molecule has 24 heavy (non-hydrogen) atoms. The van der Waals surface area contributed by atoms with Crippen LogP contribution in [0.25, 0.3) is 11.0 Å². The zero-order chi connectivity index (χ0) is 16.8. The molecule has 7 heteroatoms. The summed E-state index contributed by atoms with van der Waals surface area (Å²) in [7, 11) is 0. The first-order valence-corrected chi connectivity index (χ1v) is 7.88. The highest BCUT2D eigenvalue weighted by molar-refractivity contribution is 6.35. The van der Waals surface area contributed by atoms with E-state index in [2.05, 4.69) is 5.32 Å². The Bertz CT molecular complexity index is 980. The number of ether oxygens (including phenoxy) is 2. The Morgan fingerprint density at radius 3 is 2.62 bits per heavy atom. The zero-order valence-electron chi connectivity index (χ0n) is 12.5. The zero-order valence-corrected chi connectivity index (χ0v) is 14.0. The fourth-order valence-corrected chi connectivity index (χ4v) is 3.03. The smallest absolute Gasteiger partial charge is 0.291 e. The molecule has 0 fully saturated rings. The number of hydrogen-bond donors (Lipinski definition) is 1. The molecule has 4 rings (SSSR count). The Kier molecular flexibility index (Phi) is 3.55. The molecular formula is C17H11Cl2NO4. The Morgan fingerprint density at radius 1 is 1.12 bits per heavy atom. The molecule has 0 saturated carbocycles. The van der Waals surface area contributed by atoms with Crippen LogP contribution >= 0.6 is 23.2 Å². The number of furan rings is 1. The van der Waals surface area contributed by atoms with E-state index in [-0.39, 0.29) is 12.6 Å². The molecule has 0 bridgehead atoms. The van der Waals surface area contributed by atoms with Gasteiger partial charge in [0, 0.05) is 23.1 Å². The third kappa shape index (κ3) is 2.37. The van der Waals surface area contributed by atoms with Crippen LogP contribution < -0.4 is 14.8 Å². The number of carbonyl (C=O) groups excluding carboxylic acids is 1. The highest BCUT2D eigenvalue weighted by atomic mass is 35.5. The van der Waals surface area contributed by atoms with Crippen molar-refractivity contribution in [2.75, 3.05) is 12.1 Å². The minimum atomic E-state index is -0.416. The predicted molar refractivity (Wildman–Crippen MR) is 91.5 cm³/mol. The third-order valence-corrected chi connectivity index (χ3v) is 4.44. The lowest BCUT2D eigenvalue weighted by molar-refractivity contribution is 0.0998. The summed E-state index contributed by atoms with van der Waals surface area (Å²) >= 11 is 12.3. The van der Waals surface area contributed by atoms with Gasteiger partial charge in [-0.15, -0.1) is 0 Å². The number of halogens is 2. The molecule has 1 aliphatic heterocycles. The Balaban J connectivity index is 1.70. The van der Waals surface area contributed by atoms with Gasteiger partial charge < -0.3 is 19.2 Å². The summed E-state index contributed by atoms with van der Waals surface area (Å²) in [5.41, 5.74) is 1.61. The summed E-state index contributed by atoms with van der Waals surface area (Å²) in [6, 6.07) is 8.59. The van der Waals surface area contributed by atoms with Gasteiger partial charge in [-0.1, -0.05) is 35.3 Å². The van der Waals surface area contributed by atoms with Gasteiger partial charge in [0.2, 0.25) is 6.79 Å². The van der Waals surface area contributed by atoms with E-state index in [1.165, 1.54) is 0 Å². The number of amides is 1. The molecule has 0 spiro atoms. The van der Waals surface area contributed by atoms with Gasteiger partial charge in [0.25, 0.3) is 5.91 Å². The molecule has 2 aromatic carbocycles. The van der Waals surface area contributed by atoms with E-state index in [1.807, 2.05) is 12.1 Å². The maximum absolute atomic E-state index is 12.6. The molecule has 1 aromatic heterocycles. The van der Waals surface area contributed by atoms with Gasteiger partial charge in [-0.25, -0.2) is 0 Å². The molecule has 2 heterocycles. The largest absolute Gasteiger partial charge is 0.454 e. The Morgan fingerprint density at radius 2 is 1.88 bits per heavy atom. The molecule has 0 saturated heterocycles. The molecule has 3 aromatic rings. The van der Waals surface area contributed by atoms with Crippen LogP contribution in [0.2, 0.25) is 10.0 Å². The summed E-state index contributed by atoms with van der Waals surface area (Å²) in [6.07, 6.45) is 0. The average Bonchev–Trinajstić information content (AvgIpc) is 3.13. The van der Waals surface area contributed by atoms with Crippen molar-refractivity contribution in [1.82, 2.24) is 0 Å². The van der Waals surface area contributed by atoms with Crippen LogP contribution in [0.1, 0.15) is 16.1 Å². The summed E-state index contributed by atoms with van der Waals surface area (Å²) in [4.78, 5) is 12.6. The number of para-hydroxylation sites is 1. The van der Waals surface area contributed by atoms with E-state index < -0.39 is 5.91 Å². The first-order valence-electron chi connectivity index (χ1n) is 7.12.